The number of hydrogen-bond donors (Lipinski definition) is 0. The predicted octanol–water partition coefficient (Wildman–Crippen LogP) is 6.01. The van der Waals surface area contributed by atoms with Gasteiger partial charge in [-0.2, -0.15) is 0 Å². The van der Waals surface area contributed by atoms with Crippen LogP contribution in [-0.2, 0) is 15.9 Å². The zero-order valence-electron chi connectivity index (χ0n) is 20.8. The van der Waals surface area contributed by atoms with E-state index in [4.69, 9.17) is 23.1 Å². The number of ether oxygens (including phenoxy) is 4. The van der Waals surface area contributed by atoms with Crippen LogP contribution >= 0.6 is 15.9 Å². The van der Waals surface area contributed by atoms with Crippen molar-refractivity contribution in [3.63, 3.8) is 0 Å². The monoisotopic (exact) mass is 469 g/mol. The Bertz CT molecular complexity index is 780. The van der Waals surface area contributed by atoms with Crippen LogP contribution in [0.25, 0.3) is 0 Å². The predicted molar refractivity (Wildman–Crippen MR) is 120 cm³/mol. The van der Waals surface area contributed by atoms with Crippen molar-refractivity contribution in [3.05, 3.63) is 35.4 Å². The SMILES string of the molecule is [2H]C([2H])([2H])CCCCc1cc(OC)c([C@@H]2[C@@H](Br)CC3(C[C@H]2C(=C)C)OCCO3)c(OC)c1. The number of allylic oxidation sites excluding steroid dienone is 1. The van der Waals surface area contributed by atoms with Gasteiger partial charge < -0.3 is 18.9 Å². The zero-order chi connectivity index (χ0) is 23.5. The molecule has 1 aromatic rings. The molecule has 0 N–H and O–H groups in total. The van der Waals surface area contributed by atoms with E-state index in [0.717, 1.165) is 53.9 Å². The fourth-order valence-corrected chi connectivity index (χ4v) is 5.86. The Kier molecular flexibility index (Phi) is 6.35. The molecule has 162 valence electrons. The van der Waals surface area contributed by atoms with Crippen LogP contribution < -0.4 is 9.47 Å². The molecule has 0 aromatic heterocycles. The summed E-state index contributed by atoms with van der Waals surface area (Å²) in [6.45, 7) is 5.72. The van der Waals surface area contributed by atoms with E-state index in [1.807, 2.05) is 0 Å². The summed E-state index contributed by atoms with van der Waals surface area (Å²) in [6, 6.07) is 4.13. The molecule has 1 saturated carbocycles. The molecule has 2 fully saturated rings. The van der Waals surface area contributed by atoms with Gasteiger partial charge in [-0.05, 0) is 43.4 Å². The lowest BCUT2D eigenvalue weighted by atomic mass is 9.69. The molecule has 2 aliphatic rings. The second kappa shape index (κ2) is 9.84. The Morgan fingerprint density at radius 2 is 1.86 bits per heavy atom. The average Bonchev–Trinajstić information content (AvgIpc) is 3.17. The maximum Gasteiger partial charge on any atom is 0.170 e. The standard InChI is InChI=1S/C24H35BrO4/c1-6-7-8-9-17-12-20(26-4)23(21(13-17)27-5)22-18(16(2)3)14-24(15-19(22)25)28-10-11-29-24/h12-13,18-19,22H,2,6-11,14-15H2,1,3-5H3/t18-,19-,22-/m0/s1/i1D3. The summed E-state index contributed by atoms with van der Waals surface area (Å²) in [5.41, 5.74) is 3.19. The highest BCUT2D eigenvalue weighted by Crippen LogP contribution is 2.54. The Morgan fingerprint density at radius 3 is 2.41 bits per heavy atom. The Morgan fingerprint density at radius 1 is 1.21 bits per heavy atom. The molecule has 4 nitrogen and oxygen atoms in total. The van der Waals surface area contributed by atoms with Gasteiger partial charge in [-0.25, -0.2) is 0 Å². The highest BCUT2D eigenvalue weighted by atomic mass is 79.9. The summed E-state index contributed by atoms with van der Waals surface area (Å²) in [7, 11) is 3.37. The van der Waals surface area contributed by atoms with Crippen molar-refractivity contribution < 1.29 is 23.1 Å². The van der Waals surface area contributed by atoms with Gasteiger partial charge in [0.15, 0.2) is 5.79 Å². The van der Waals surface area contributed by atoms with E-state index in [1.165, 1.54) is 0 Å². The number of unbranched alkanes of at least 4 members (excludes halogenated alkanes) is 1. The normalized spacial score (nSPS) is 27.9. The van der Waals surface area contributed by atoms with E-state index in [1.54, 1.807) is 14.2 Å². The van der Waals surface area contributed by atoms with Crippen molar-refractivity contribution in [2.45, 2.75) is 68.8 Å². The van der Waals surface area contributed by atoms with E-state index in [-0.39, 0.29) is 23.1 Å². The van der Waals surface area contributed by atoms with Crippen LogP contribution in [0.15, 0.2) is 24.3 Å². The van der Waals surface area contributed by atoms with Crippen molar-refractivity contribution in [2.24, 2.45) is 5.92 Å². The molecule has 1 spiro atoms. The van der Waals surface area contributed by atoms with Crippen LogP contribution in [0.1, 0.15) is 67.0 Å². The molecule has 0 radical (unpaired) electrons. The molecule has 3 rings (SSSR count). The molecule has 1 heterocycles. The van der Waals surface area contributed by atoms with Gasteiger partial charge in [0, 0.05) is 33.3 Å². The lowest BCUT2D eigenvalue weighted by molar-refractivity contribution is -0.184. The van der Waals surface area contributed by atoms with Crippen LogP contribution in [-0.4, -0.2) is 38.0 Å². The number of halogens is 1. The van der Waals surface area contributed by atoms with Crippen molar-refractivity contribution in [3.8, 4) is 11.5 Å². The Hall–Kier alpha value is -1.04. The molecule has 0 unspecified atom stereocenters. The van der Waals surface area contributed by atoms with Crippen molar-refractivity contribution in [2.75, 3.05) is 27.4 Å². The van der Waals surface area contributed by atoms with Gasteiger partial charge in [0.1, 0.15) is 11.5 Å². The van der Waals surface area contributed by atoms with Crippen LogP contribution in [0.4, 0.5) is 0 Å². The van der Waals surface area contributed by atoms with Gasteiger partial charge in [-0.1, -0.05) is 47.8 Å². The summed E-state index contributed by atoms with van der Waals surface area (Å²) in [5, 5.41) is 0. The third kappa shape index (κ3) is 4.83. The lowest BCUT2D eigenvalue weighted by Crippen LogP contribution is -2.45. The fourth-order valence-electron chi connectivity index (χ4n) is 4.74. The second-order valence-corrected chi connectivity index (χ2v) is 9.31. The van der Waals surface area contributed by atoms with E-state index < -0.39 is 12.6 Å². The van der Waals surface area contributed by atoms with E-state index in [0.29, 0.717) is 19.6 Å². The highest BCUT2D eigenvalue weighted by Gasteiger charge is 2.50. The molecule has 1 saturated heterocycles. The first-order valence-corrected chi connectivity index (χ1v) is 11.3. The quantitative estimate of drug-likeness (QED) is 0.265. The third-order valence-corrected chi connectivity index (χ3v) is 7.03. The second-order valence-electron chi connectivity index (χ2n) is 8.13. The lowest BCUT2D eigenvalue weighted by Gasteiger charge is -2.45. The molecule has 0 bridgehead atoms. The molecule has 5 heteroatoms. The van der Waals surface area contributed by atoms with Gasteiger partial charge in [-0.3, -0.25) is 0 Å². The van der Waals surface area contributed by atoms with Gasteiger partial charge in [0.2, 0.25) is 0 Å². The number of rotatable bonds is 8. The van der Waals surface area contributed by atoms with Crippen LogP contribution in [0.3, 0.4) is 0 Å². The summed E-state index contributed by atoms with van der Waals surface area (Å²) in [6.07, 6.45) is 3.97. The van der Waals surface area contributed by atoms with Crippen LogP contribution in [0.5, 0.6) is 11.5 Å². The third-order valence-electron chi connectivity index (χ3n) is 6.14. The van der Waals surface area contributed by atoms with Crippen LogP contribution in [0, 0.1) is 5.92 Å². The van der Waals surface area contributed by atoms with Gasteiger partial charge >= 0.3 is 0 Å². The number of methoxy groups -OCH3 is 2. The van der Waals surface area contributed by atoms with Gasteiger partial charge in [0.25, 0.3) is 0 Å². The maximum absolute atomic E-state index is 7.38. The summed E-state index contributed by atoms with van der Waals surface area (Å²) in [4.78, 5) is 0.101. The minimum Gasteiger partial charge on any atom is -0.496 e. The van der Waals surface area contributed by atoms with E-state index in [2.05, 4.69) is 41.6 Å². The minimum atomic E-state index is -1.87. The van der Waals surface area contributed by atoms with E-state index >= 15 is 0 Å². The largest absolute Gasteiger partial charge is 0.496 e. The average molecular weight is 470 g/mol. The van der Waals surface area contributed by atoms with Crippen LogP contribution in [0.2, 0.25) is 0 Å². The molecule has 3 atom stereocenters. The Labute approximate surface area is 188 Å². The fraction of sp³-hybridized carbons (Fsp3) is 0.667. The Balaban J connectivity index is 1.89. The molecule has 1 aliphatic carbocycles. The van der Waals surface area contributed by atoms with Crippen molar-refractivity contribution in [1.29, 1.82) is 0 Å². The number of aryl methyl sites for hydroxylation is 1. The smallest absolute Gasteiger partial charge is 0.170 e. The maximum atomic E-state index is 7.38. The molecule has 1 aromatic carbocycles. The van der Waals surface area contributed by atoms with Crippen molar-refractivity contribution >= 4 is 15.9 Å². The summed E-state index contributed by atoms with van der Waals surface area (Å²) >= 11 is 3.93. The molecule has 29 heavy (non-hydrogen) atoms. The van der Waals surface area contributed by atoms with Gasteiger partial charge in [-0.15, -0.1) is 0 Å². The molecular weight excluding hydrogens is 432 g/mol. The highest BCUT2D eigenvalue weighted by molar-refractivity contribution is 9.09. The first-order chi connectivity index (χ1) is 15.1. The summed E-state index contributed by atoms with van der Waals surface area (Å²) < 4.78 is 45.9. The topological polar surface area (TPSA) is 36.9 Å². The molecule has 1 aliphatic heterocycles. The van der Waals surface area contributed by atoms with Crippen molar-refractivity contribution in [1.82, 2.24) is 0 Å². The first-order valence-electron chi connectivity index (χ1n) is 11.9. The van der Waals surface area contributed by atoms with Gasteiger partial charge in [0.05, 0.1) is 27.4 Å². The summed E-state index contributed by atoms with van der Waals surface area (Å²) in [5.74, 6) is 1.26. The molecular formula is C24H35BrO4. The molecule has 0 amide bonds. The minimum absolute atomic E-state index is 0.0976. The van der Waals surface area contributed by atoms with E-state index in [9.17, 15) is 0 Å². The zero-order valence-corrected chi connectivity index (χ0v) is 19.3. The number of hydrogen-bond acceptors (Lipinski definition) is 4. The number of benzene rings is 1. The first kappa shape index (κ1) is 18.7. The number of alkyl halides is 1.